The van der Waals surface area contributed by atoms with Crippen LogP contribution in [-0.2, 0) is 6.67 Å². The number of benzene rings is 1. The Morgan fingerprint density at radius 2 is 2.20 bits per heavy atom. The zero-order valence-corrected chi connectivity index (χ0v) is 13.7. The minimum atomic E-state index is -0.441. The number of hydrogen-bond acceptors (Lipinski definition) is 7. The Labute approximate surface area is 144 Å². The molecule has 0 saturated heterocycles. The molecule has 126 valence electrons. The largest absolute Gasteiger partial charge is 0.465 e. The molecule has 0 fully saturated rings. The number of nitro benzene ring substituents is 1. The third kappa shape index (κ3) is 2.85. The van der Waals surface area contributed by atoms with E-state index < -0.39 is 4.92 Å². The Kier molecular flexibility index (Phi) is 3.69. The van der Waals surface area contributed by atoms with Gasteiger partial charge in [-0.1, -0.05) is 17.4 Å². The number of non-ortho nitro benzene ring substituents is 1. The molecule has 1 aromatic carbocycles. The standard InChI is InChI=1S/C16H12N4O4S/c21-15-14(8-13-5-2-6-24-13)25-16-17-9-18(10-19(15)16)11-3-1-4-12(7-11)20(22)23/h1-8H,9-10H2/b14-8-. The van der Waals surface area contributed by atoms with Gasteiger partial charge in [-0.25, -0.2) is 4.99 Å². The number of anilines is 1. The van der Waals surface area contributed by atoms with Crippen LogP contribution in [0, 0.1) is 10.1 Å². The van der Waals surface area contributed by atoms with Crippen molar-refractivity contribution in [3.8, 4) is 0 Å². The van der Waals surface area contributed by atoms with Gasteiger partial charge in [-0.3, -0.25) is 19.5 Å². The van der Waals surface area contributed by atoms with Crippen LogP contribution >= 0.6 is 11.3 Å². The van der Waals surface area contributed by atoms with Crippen molar-refractivity contribution in [1.29, 1.82) is 0 Å². The second-order valence-electron chi connectivity index (χ2n) is 5.40. The minimum absolute atomic E-state index is 0.00723. The van der Waals surface area contributed by atoms with E-state index in [1.165, 1.54) is 23.5 Å². The Bertz CT molecular complexity index is 1110. The van der Waals surface area contributed by atoms with Crippen molar-refractivity contribution in [2.45, 2.75) is 6.67 Å². The number of hydrogen-bond donors (Lipinski definition) is 0. The van der Waals surface area contributed by atoms with Gasteiger partial charge in [0.2, 0.25) is 0 Å². The number of fused-ring (bicyclic) bond motifs is 1. The highest BCUT2D eigenvalue weighted by Gasteiger charge is 2.17. The average molecular weight is 356 g/mol. The lowest BCUT2D eigenvalue weighted by molar-refractivity contribution is -0.384. The average Bonchev–Trinajstić information content (AvgIpc) is 3.24. The first-order valence-electron chi connectivity index (χ1n) is 7.40. The highest BCUT2D eigenvalue weighted by atomic mass is 32.1. The van der Waals surface area contributed by atoms with Gasteiger partial charge in [0.15, 0.2) is 4.80 Å². The number of furan rings is 1. The maximum absolute atomic E-state index is 12.6. The Morgan fingerprint density at radius 3 is 2.96 bits per heavy atom. The topological polar surface area (TPSA) is 93.9 Å². The van der Waals surface area contributed by atoms with Crippen LogP contribution in [0.5, 0.6) is 0 Å². The van der Waals surface area contributed by atoms with Crippen LogP contribution in [0.2, 0.25) is 0 Å². The van der Waals surface area contributed by atoms with E-state index in [4.69, 9.17) is 4.42 Å². The normalized spacial score (nSPS) is 14.2. The van der Waals surface area contributed by atoms with E-state index in [0.717, 1.165) is 0 Å². The van der Waals surface area contributed by atoms with Gasteiger partial charge in [0.25, 0.3) is 11.2 Å². The second-order valence-corrected chi connectivity index (χ2v) is 6.41. The minimum Gasteiger partial charge on any atom is -0.465 e. The molecular formula is C16H12N4O4S. The van der Waals surface area contributed by atoms with Crippen LogP contribution in [0.25, 0.3) is 6.08 Å². The smallest absolute Gasteiger partial charge is 0.271 e. The van der Waals surface area contributed by atoms with Crippen molar-refractivity contribution in [2.75, 3.05) is 11.6 Å². The number of nitro groups is 1. The summed E-state index contributed by atoms with van der Waals surface area (Å²) in [6.07, 6.45) is 3.23. The summed E-state index contributed by atoms with van der Waals surface area (Å²) in [5, 5.41) is 10.9. The molecular weight excluding hydrogens is 344 g/mol. The van der Waals surface area contributed by atoms with Gasteiger partial charge in [0.1, 0.15) is 19.1 Å². The molecule has 0 spiro atoms. The summed E-state index contributed by atoms with van der Waals surface area (Å²) in [6.45, 7) is 0.628. The monoisotopic (exact) mass is 356 g/mol. The summed E-state index contributed by atoms with van der Waals surface area (Å²) in [5.74, 6) is 0.604. The molecule has 3 aromatic rings. The van der Waals surface area contributed by atoms with Gasteiger partial charge in [-0.2, -0.15) is 0 Å². The fourth-order valence-electron chi connectivity index (χ4n) is 2.58. The van der Waals surface area contributed by atoms with Crippen LogP contribution in [0.15, 0.2) is 56.9 Å². The number of thiazole rings is 1. The van der Waals surface area contributed by atoms with Crippen molar-refractivity contribution >= 4 is 28.8 Å². The van der Waals surface area contributed by atoms with Gasteiger partial charge in [0, 0.05) is 23.9 Å². The SMILES string of the molecule is O=c1/c(=C/c2ccco2)sc2n1CN(c1cccc([N+](=O)[O-])c1)CN=2. The molecule has 0 saturated carbocycles. The fourth-order valence-corrected chi connectivity index (χ4v) is 3.52. The number of rotatable bonds is 3. The summed E-state index contributed by atoms with van der Waals surface area (Å²) in [5.41, 5.74) is 0.501. The predicted molar refractivity (Wildman–Crippen MR) is 92.1 cm³/mol. The highest BCUT2D eigenvalue weighted by Crippen LogP contribution is 2.21. The molecule has 1 aliphatic rings. The molecule has 1 aliphatic heterocycles. The van der Waals surface area contributed by atoms with Gasteiger partial charge < -0.3 is 9.32 Å². The van der Waals surface area contributed by atoms with Crippen molar-refractivity contribution in [3.05, 3.63) is 78.2 Å². The van der Waals surface area contributed by atoms with E-state index in [0.29, 0.717) is 34.1 Å². The van der Waals surface area contributed by atoms with E-state index in [9.17, 15) is 14.9 Å². The van der Waals surface area contributed by atoms with Crippen molar-refractivity contribution in [3.63, 3.8) is 0 Å². The van der Waals surface area contributed by atoms with Gasteiger partial charge in [-0.05, 0) is 18.2 Å². The predicted octanol–water partition coefficient (Wildman–Crippen LogP) is 1.29. The fraction of sp³-hybridized carbons (Fsp3) is 0.125. The molecule has 9 heteroatoms. The zero-order valence-electron chi connectivity index (χ0n) is 12.9. The highest BCUT2D eigenvalue weighted by molar-refractivity contribution is 7.07. The van der Waals surface area contributed by atoms with E-state index in [1.807, 2.05) is 4.90 Å². The molecule has 0 N–H and O–H groups in total. The molecule has 0 amide bonds. The third-order valence-electron chi connectivity index (χ3n) is 3.80. The van der Waals surface area contributed by atoms with Crippen molar-refractivity contribution in [2.24, 2.45) is 4.99 Å². The van der Waals surface area contributed by atoms with Crippen LogP contribution in [-0.4, -0.2) is 16.2 Å². The summed E-state index contributed by atoms with van der Waals surface area (Å²) in [7, 11) is 0. The molecule has 0 radical (unpaired) electrons. The van der Waals surface area contributed by atoms with E-state index in [1.54, 1.807) is 41.2 Å². The quantitative estimate of drug-likeness (QED) is 0.521. The second kappa shape index (κ2) is 6.02. The summed E-state index contributed by atoms with van der Waals surface area (Å²) >= 11 is 1.30. The first kappa shape index (κ1) is 15.3. The molecule has 0 bridgehead atoms. The van der Waals surface area contributed by atoms with Crippen molar-refractivity contribution in [1.82, 2.24) is 4.57 Å². The van der Waals surface area contributed by atoms with Crippen LogP contribution in [0.3, 0.4) is 0 Å². The van der Waals surface area contributed by atoms with Crippen LogP contribution in [0.4, 0.5) is 11.4 Å². The Balaban J connectivity index is 1.71. The van der Waals surface area contributed by atoms with E-state index in [2.05, 4.69) is 4.99 Å². The molecule has 2 aromatic heterocycles. The first-order valence-corrected chi connectivity index (χ1v) is 8.22. The van der Waals surface area contributed by atoms with E-state index >= 15 is 0 Å². The molecule has 8 nitrogen and oxygen atoms in total. The first-order chi connectivity index (χ1) is 12.1. The van der Waals surface area contributed by atoms with Crippen LogP contribution in [0.1, 0.15) is 5.76 Å². The Hall–Kier alpha value is -3.20. The molecule has 0 unspecified atom stereocenters. The number of nitrogens with zero attached hydrogens (tertiary/aromatic N) is 4. The molecule has 0 aliphatic carbocycles. The van der Waals surface area contributed by atoms with Crippen molar-refractivity contribution < 1.29 is 9.34 Å². The zero-order chi connectivity index (χ0) is 17.4. The third-order valence-corrected chi connectivity index (χ3v) is 4.84. The molecule has 0 atom stereocenters. The summed E-state index contributed by atoms with van der Waals surface area (Å²) in [6, 6.07) is 9.83. The maximum Gasteiger partial charge on any atom is 0.271 e. The lowest BCUT2D eigenvalue weighted by atomic mass is 10.2. The van der Waals surface area contributed by atoms with Gasteiger partial charge >= 0.3 is 0 Å². The van der Waals surface area contributed by atoms with Gasteiger partial charge in [-0.15, -0.1) is 0 Å². The van der Waals surface area contributed by atoms with Crippen LogP contribution < -0.4 is 19.8 Å². The lowest BCUT2D eigenvalue weighted by Gasteiger charge is -2.25. The van der Waals surface area contributed by atoms with Gasteiger partial charge in [0.05, 0.1) is 15.7 Å². The summed E-state index contributed by atoms with van der Waals surface area (Å²) < 4.78 is 7.34. The maximum atomic E-state index is 12.6. The molecule has 3 heterocycles. The number of aromatic nitrogens is 1. The van der Waals surface area contributed by atoms with E-state index in [-0.39, 0.29) is 11.2 Å². The lowest BCUT2D eigenvalue weighted by Crippen LogP contribution is -2.42. The Morgan fingerprint density at radius 1 is 1.32 bits per heavy atom. The molecule has 4 rings (SSSR count). The molecule has 25 heavy (non-hydrogen) atoms. The summed E-state index contributed by atoms with van der Waals surface area (Å²) in [4.78, 5) is 30.0.